The lowest BCUT2D eigenvalue weighted by Crippen LogP contribution is -2.39. The van der Waals surface area contributed by atoms with Gasteiger partial charge >= 0.3 is 5.97 Å². The van der Waals surface area contributed by atoms with Crippen LogP contribution in [0.4, 0.5) is 0 Å². The molecule has 0 saturated heterocycles. The number of fused-ring (bicyclic) bond motifs is 1. The molecule has 2 rings (SSSR count). The Morgan fingerprint density at radius 3 is 2.65 bits per heavy atom. The summed E-state index contributed by atoms with van der Waals surface area (Å²) in [5.74, 6) is -0.478. The molecular formula is C14H19N3O4S2. The van der Waals surface area contributed by atoms with E-state index in [4.69, 9.17) is 4.74 Å². The van der Waals surface area contributed by atoms with Crippen molar-refractivity contribution in [2.24, 2.45) is 0 Å². The second kappa shape index (κ2) is 6.91. The number of likely N-dealkylation sites (N-methyl/N-ethyl adjacent to an activating group) is 1. The van der Waals surface area contributed by atoms with Gasteiger partial charge in [-0.15, -0.1) is 11.3 Å². The minimum absolute atomic E-state index is 0.0117. The Labute approximate surface area is 139 Å². The average molecular weight is 357 g/mol. The molecule has 7 nitrogen and oxygen atoms in total. The predicted octanol–water partition coefficient (Wildman–Crippen LogP) is 1.50. The largest absolute Gasteiger partial charge is 0.461 e. The molecule has 23 heavy (non-hydrogen) atoms. The quantitative estimate of drug-likeness (QED) is 0.732. The van der Waals surface area contributed by atoms with E-state index in [1.807, 2.05) is 6.92 Å². The number of aryl methyl sites for hydroxylation is 1. The molecule has 0 bridgehead atoms. The van der Waals surface area contributed by atoms with Gasteiger partial charge in [0.2, 0.25) is 0 Å². The minimum Gasteiger partial charge on any atom is -0.461 e. The maximum Gasteiger partial charge on any atom is 0.338 e. The van der Waals surface area contributed by atoms with Gasteiger partial charge in [0, 0.05) is 27.7 Å². The van der Waals surface area contributed by atoms with E-state index in [1.54, 1.807) is 18.2 Å². The van der Waals surface area contributed by atoms with Crippen molar-refractivity contribution in [1.82, 2.24) is 13.6 Å². The molecule has 9 heteroatoms. The van der Waals surface area contributed by atoms with Gasteiger partial charge in [0.1, 0.15) is 6.61 Å². The number of carbonyl (C=O) groups is 1. The predicted molar refractivity (Wildman–Crippen MR) is 89.9 cm³/mol. The molecule has 0 aliphatic heterocycles. The van der Waals surface area contributed by atoms with E-state index in [9.17, 15) is 13.2 Å². The normalized spacial score (nSPS) is 12.3. The molecule has 0 atom stereocenters. The molecule has 1 heterocycles. The number of esters is 1. The van der Waals surface area contributed by atoms with Crippen molar-refractivity contribution in [2.75, 3.05) is 34.3 Å². The summed E-state index contributed by atoms with van der Waals surface area (Å²) in [6.45, 7) is 1.99. The summed E-state index contributed by atoms with van der Waals surface area (Å²) in [6.07, 6.45) is 0. The van der Waals surface area contributed by atoms with Crippen molar-refractivity contribution in [3.05, 3.63) is 28.8 Å². The van der Waals surface area contributed by atoms with Crippen molar-refractivity contribution < 1.29 is 17.9 Å². The van der Waals surface area contributed by atoms with Gasteiger partial charge in [0.25, 0.3) is 10.2 Å². The van der Waals surface area contributed by atoms with Crippen LogP contribution in [0.15, 0.2) is 18.2 Å². The fourth-order valence-electron chi connectivity index (χ4n) is 1.91. The SMILES string of the molecule is Cc1nc2ccc(C(=O)OCCN(C)S(=O)(=O)N(C)C)cc2s1. The number of ether oxygens (including phenoxy) is 1. The highest BCUT2D eigenvalue weighted by Gasteiger charge is 2.20. The molecule has 0 aliphatic carbocycles. The summed E-state index contributed by atoms with van der Waals surface area (Å²) in [4.78, 5) is 16.4. The molecule has 0 saturated carbocycles. The summed E-state index contributed by atoms with van der Waals surface area (Å²) in [5.41, 5.74) is 1.28. The fourth-order valence-corrected chi connectivity index (χ4v) is 3.64. The Balaban J connectivity index is 1.96. The fraction of sp³-hybridized carbons (Fsp3) is 0.429. The number of carbonyl (C=O) groups excluding carboxylic acids is 1. The number of benzene rings is 1. The number of hydrogen-bond donors (Lipinski definition) is 0. The summed E-state index contributed by atoms with van der Waals surface area (Å²) in [6, 6.07) is 5.17. The van der Waals surface area contributed by atoms with Crippen LogP contribution in [0.1, 0.15) is 15.4 Å². The summed E-state index contributed by atoms with van der Waals surface area (Å²) < 4.78 is 32.0. The van der Waals surface area contributed by atoms with Crippen LogP contribution in [0.5, 0.6) is 0 Å². The standard InChI is InChI=1S/C14H19N3O4S2/c1-10-15-12-6-5-11(9-13(12)22-10)14(18)21-8-7-17(4)23(19,20)16(2)3/h5-6,9H,7-8H2,1-4H3. The van der Waals surface area contributed by atoms with E-state index >= 15 is 0 Å². The highest BCUT2D eigenvalue weighted by Crippen LogP contribution is 2.22. The van der Waals surface area contributed by atoms with Crippen molar-refractivity contribution in [2.45, 2.75) is 6.92 Å². The smallest absolute Gasteiger partial charge is 0.338 e. The molecule has 0 N–H and O–H groups in total. The van der Waals surface area contributed by atoms with Crippen LogP contribution in [0.2, 0.25) is 0 Å². The summed E-state index contributed by atoms with van der Waals surface area (Å²) in [5, 5.41) is 0.932. The average Bonchev–Trinajstić information content (AvgIpc) is 2.85. The lowest BCUT2D eigenvalue weighted by Gasteiger charge is -2.21. The Morgan fingerprint density at radius 1 is 1.30 bits per heavy atom. The molecule has 1 aromatic heterocycles. The van der Waals surface area contributed by atoms with E-state index in [-0.39, 0.29) is 13.2 Å². The third-order valence-electron chi connectivity index (χ3n) is 3.23. The zero-order valence-corrected chi connectivity index (χ0v) is 15.1. The van der Waals surface area contributed by atoms with Gasteiger partial charge in [0.15, 0.2) is 0 Å². The lowest BCUT2D eigenvalue weighted by atomic mass is 10.2. The van der Waals surface area contributed by atoms with Crippen molar-refractivity contribution in [3.8, 4) is 0 Å². The van der Waals surface area contributed by atoms with Crippen LogP contribution in [0, 0.1) is 6.92 Å². The van der Waals surface area contributed by atoms with Gasteiger partial charge in [-0.05, 0) is 25.1 Å². The molecule has 0 spiro atoms. The maximum absolute atomic E-state index is 12.0. The van der Waals surface area contributed by atoms with E-state index in [0.29, 0.717) is 5.56 Å². The molecule has 2 aromatic rings. The molecule has 0 fully saturated rings. The first-order valence-electron chi connectivity index (χ1n) is 6.90. The second-order valence-corrected chi connectivity index (χ2v) is 8.65. The first-order valence-corrected chi connectivity index (χ1v) is 9.11. The molecule has 0 radical (unpaired) electrons. The van der Waals surface area contributed by atoms with Gasteiger partial charge in [-0.2, -0.15) is 17.0 Å². The number of aromatic nitrogens is 1. The third kappa shape index (κ3) is 4.05. The Bertz CT molecular complexity index is 815. The molecule has 126 valence electrons. The summed E-state index contributed by atoms with van der Waals surface area (Å²) >= 11 is 1.51. The van der Waals surface area contributed by atoms with Crippen LogP contribution in [-0.2, 0) is 14.9 Å². The minimum atomic E-state index is -3.50. The van der Waals surface area contributed by atoms with Gasteiger partial charge in [-0.1, -0.05) is 0 Å². The van der Waals surface area contributed by atoms with E-state index in [0.717, 1.165) is 23.8 Å². The van der Waals surface area contributed by atoms with Crippen LogP contribution in [0.3, 0.4) is 0 Å². The number of rotatable bonds is 6. The lowest BCUT2D eigenvalue weighted by molar-refractivity contribution is 0.0493. The maximum atomic E-state index is 12.0. The van der Waals surface area contributed by atoms with Crippen LogP contribution in [0.25, 0.3) is 10.2 Å². The van der Waals surface area contributed by atoms with Crippen LogP contribution < -0.4 is 0 Å². The molecule has 0 aliphatic rings. The number of hydrogen-bond acceptors (Lipinski definition) is 6. The first kappa shape index (κ1) is 17.8. The highest BCUT2D eigenvalue weighted by atomic mass is 32.2. The Kier molecular flexibility index (Phi) is 5.35. The first-order chi connectivity index (χ1) is 10.7. The number of nitrogens with zero attached hydrogens (tertiary/aromatic N) is 3. The Morgan fingerprint density at radius 2 is 2.00 bits per heavy atom. The van der Waals surface area contributed by atoms with Crippen LogP contribution in [-0.4, -0.2) is 62.3 Å². The third-order valence-corrected chi connectivity index (χ3v) is 6.05. The van der Waals surface area contributed by atoms with E-state index in [2.05, 4.69) is 4.98 Å². The molecule has 0 unspecified atom stereocenters. The van der Waals surface area contributed by atoms with Gasteiger partial charge in [-0.25, -0.2) is 9.78 Å². The van der Waals surface area contributed by atoms with E-state index < -0.39 is 16.2 Å². The monoisotopic (exact) mass is 357 g/mol. The number of thiazole rings is 1. The molecular weight excluding hydrogens is 338 g/mol. The van der Waals surface area contributed by atoms with Gasteiger partial charge < -0.3 is 4.74 Å². The zero-order valence-electron chi connectivity index (χ0n) is 13.4. The zero-order chi connectivity index (χ0) is 17.2. The van der Waals surface area contributed by atoms with Crippen molar-refractivity contribution >= 4 is 37.7 Å². The van der Waals surface area contributed by atoms with Gasteiger partial charge in [-0.3, -0.25) is 0 Å². The molecule has 0 amide bonds. The van der Waals surface area contributed by atoms with Crippen molar-refractivity contribution in [3.63, 3.8) is 0 Å². The van der Waals surface area contributed by atoms with Crippen molar-refractivity contribution in [1.29, 1.82) is 0 Å². The molecule has 1 aromatic carbocycles. The van der Waals surface area contributed by atoms with Gasteiger partial charge in [0.05, 0.1) is 20.8 Å². The topological polar surface area (TPSA) is 79.8 Å². The summed E-state index contributed by atoms with van der Waals surface area (Å²) in [7, 11) is 0.840. The van der Waals surface area contributed by atoms with Crippen LogP contribution >= 0.6 is 11.3 Å². The Hall–Kier alpha value is -1.55. The second-order valence-electron chi connectivity index (χ2n) is 5.16. The highest BCUT2D eigenvalue weighted by molar-refractivity contribution is 7.86. The van der Waals surface area contributed by atoms with E-state index in [1.165, 1.54) is 32.5 Å².